The number of benzene rings is 3. The first kappa shape index (κ1) is 19.2. The molecule has 3 rings (SSSR count). The number of para-hydroxylation sites is 1. The van der Waals surface area contributed by atoms with Crippen LogP contribution in [0.2, 0.25) is 5.02 Å². The van der Waals surface area contributed by atoms with Crippen molar-refractivity contribution in [3.05, 3.63) is 94.0 Å². The molecule has 0 heterocycles. The second-order valence-corrected chi connectivity index (χ2v) is 6.52. The highest BCUT2D eigenvalue weighted by atomic mass is 35.5. The molecule has 0 unspecified atom stereocenters. The summed E-state index contributed by atoms with van der Waals surface area (Å²) in [5.74, 6) is -0.761. The van der Waals surface area contributed by atoms with Gasteiger partial charge in [0.25, 0.3) is 11.8 Å². The zero-order chi connectivity index (χ0) is 20.1. The predicted molar refractivity (Wildman–Crippen MR) is 110 cm³/mol. The summed E-state index contributed by atoms with van der Waals surface area (Å²) >= 11 is 6.08. The normalized spacial score (nSPS) is 10.0. The third-order valence-corrected chi connectivity index (χ3v) is 4.52. The molecule has 0 aromatic heterocycles. The molecule has 0 saturated heterocycles. The molecule has 3 aromatic carbocycles. The number of hydrogen-bond donors (Lipinski definition) is 2. The lowest BCUT2D eigenvalue weighted by Crippen LogP contribution is -2.16. The van der Waals surface area contributed by atoms with Crippen LogP contribution in [0.1, 0.15) is 31.8 Å². The number of hydrogen-bond acceptors (Lipinski definition) is 3. The van der Waals surface area contributed by atoms with Gasteiger partial charge < -0.3 is 10.6 Å². The van der Waals surface area contributed by atoms with Crippen LogP contribution in [-0.2, 0) is 0 Å². The van der Waals surface area contributed by atoms with Crippen LogP contribution in [0, 0.1) is 18.3 Å². The number of nitrogens with one attached hydrogen (secondary N) is 2. The van der Waals surface area contributed by atoms with Crippen molar-refractivity contribution in [3.8, 4) is 6.07 Å². The van der Waals surface area contributed by atoms with Gasteiger partial charge in [0.15, 0.2) is 0 Å². The third kappa shape index (κ3) is 4.37. The van der Waals surface area contributed by atoms with E-state index in [1.165, 1.54) is 6.07 Å². The highest BCUT2D eigenvalue weighted by Gasteiger charge is 2.13. The summed E-state index contributed by atoms with van der Waals surface area (Å²) in [7, 11) is 0. The molecule has 0 aliphatic carbocycles. The molecule has 0 radical (unpaired) electrons. The summed E-state index contributed by atoms with van der Waals surface area (Å²) < 4.78 is 0. The third-order valence-electron chi connectivity index (χ3n) is 4.11. The van der Waals surface area contributed by atoms with E-state index < -0.39 is 5.91 Å². The van der Waals surface area contributed by atoms with Crippen LogP contribution < -0.4 is 10.6 Å². The lowest BCUT2D eigenvalue weighted by molar-refractivity contribution is 0.102. The molecule has 0 atom stereocenters. The molecular formula is C22H16ClN3O2. The highest BCUT2D eigenvalue weighted by Crippen LogP contribution is 2.21. The second kappa shape index (κ2) is 8.38. The van der Waals surface area contributed by atoms with Crippen LogP contribution in [0.25, 0.3) is 0 Å². The summed E-state index contributed by atoms with van der Waals surface area (Å²) in [6.45, 7) is 1.88. The number of amides is 2. The Morgan fingerprint density at radius 2 is 1.57 bits per heavy atom. The topological polar surface area (TPSA) is 82.0 Å². The van der Waals surface area contributed by atoms with Crippen molar-refractivity contribution in [1.29, 1.82) is 5.26 Å². The molecule has 138 valence electrons. The predicted octanol–water partition coefficient (Wildman–Crippen LogP) is 5.02. The average Bonchev–Trinajstić information content (AvgIpc) is 2.71. The van der Waals surface area contributed by atoms with Crippen molar-refractivity contribution in [1.82, 2.24) is 0 Å². The minimum absolute atomic E-state index is 0.308. The summed E-state index contributed by atoms with van der Waals surface area (Å²) in [5, 5.41) is 15.1. The van der Waals surface area contributed by atoms with Gasteiger partial charge in [-0.05, 0) is 55.0 Å². The maximum atomic E-state index is 12.5. The van der Waals surface area contributed by atoms with E-state index in [1.54, 1.807) is 54.6 Å². The van der Waals surface area contributed by atoms with Gasteiger partial charge >= 0.3 is 0 Å². The van der Waals surface area contributed by atoms with Gasteiger partial charge in [-0.3, -0.25) is 9.59 Å². The monoisotopic (exact) mass is 389 g/mol. The van der Waals surface area contributed by atoms with Crippen LogP contribution in [0.15, 0.2) is 66.7 Å². The number of carbonyl (C=O) groups is 2. The fraction of sp³-hybridized carbons (Fsp3) is 0.0455. The Hall–Kier alpha value is -3.62. The van der Waals surface area contributed by atoms with E-state index in [9.17, 15) is 9.59 Å². The molecule has 6 heteroatoms. The molecule has 0 spiro atoms. The van der Waals surface area contributed by atoms with E-state index in [0.717, 1.165) is 5.56 Å². The van der Waals surface area contributed by atoms with Gasteiger partial charge in [-0.25, -0.2) is 0 Å². The van der Waals surface area contributed by atoms with Gasteiger partial charge in [0.2, 0.25) is 0 Å². The number of anilines is 2. The molecule has 2 amide bonds. The van der Waals surface area contributed by atoms with E-state index in [0.29, 0.717) is 33.1 Å². The van der Waals surface area contributed by atoms with E-state index in [2.05, 4.69) is 10.6 Å². The fourth-order valence-electron chi connectivity index (χ4n) is 2.56. The Bertz CT molecular complexity index is 1100. The number of aryl methyl sites for hydroxylation is 1. The Labute approximate surface area is 167 Å². The van der Waals surface area contributed by atoms with Crippen molar-refractivity contribution in [2.24, 2.45) is 0 Å². The van der Waals surface area contributed by atoms with Crippen molar-refractivity contribution in [2.45, 2.75) is 6.92 Å². The van der Waals surface area contributed by atoms with Crippen LogP contribution >= 0.6 is 11.6 Å². The molecule has 0 aliphatic rings. The zero-order valence-corrected chi connectivity index (χ0v) is 15.7. The van der Waals surface area contributed by atoms with Gasteiger partial charge in [-0.1, -0.05) is 35.9 Å². The van der Waals surface area contributed by atoms with Crippen molar-refractivity contribution in [2.75, 3.05) is 10.6 Å². The number of halogens is 1. The Balaban J connectivity index is 1.77. The summed E-state index contributed by atoms with van der Waals surface area (Å²) in [4.78, 5) is 25.0. The number of nitriles is 1. The Kier molecular flexibility index (Phi) is 5.73. The number of nitrogens with zero attached hydrogens (tertiary/aromatic N) is 1. The second-order valence-electron chi connectivity index (χ2n) is 6.11. The first-order chi connectivity index (χ1) is 13.5. The Morgan fingerprint density at radius 1 is 0.893 bits per heavy atom. The molecule has 3 aromatic rings. The SMILES string of the molecule is Cc1ccc(NC(=O)c2cccc(C(=O)Nc3ccccc3C#N)c2)cc1Cl. The smallest absolute Gasteiger partial charge is 0.255 e. The molecule has 2 N–H and O–H groups in total. The van der Waals surface area contributed by atoms with Gasteiger partial charge in [0, 0.05) is 21.8 Å². The van der Waals surface area contributed by atoms with Crippen molar-refractivity contribution >= 4 is 34.8 Å². The highest BCUT2D eigenvalue weighted by molar-refractivity contribution is 6.31. The van der Waals surface area contributed by atoms with E-state index >= 15 is 0 Å². The maximum absolute atomic E-state index is 12.5. The van der Waals surface area contributed by atoms with Gasteiger partial charge in [0.1, 0.15) is 6.07 Å². The lowest BCUT2D eigenvalue weighted by atomic mass is 10.1. The Morgan fingerprint density at radius 3 is 2.25 bits per heavy atom. The van der Waals surface area contributed by atoms with Gasteiger partial charge in [-0.2, -0.15) is 5.26 Å². The molecule has 28 heavy (non-hydrogen) atoms. The van der Waals surface area contributed by atoms with Crippen LogP contribution in [0.4, 0.5) is 11.4 Å². The zero-order valence-electron chi connectivity index (χ0n) is 15.0. The standard InChI is InChI=1S/C22H16ClN3O2/c1-14-9-10-18(12-19(14)23)25-21(27)15-6-4-7-16(11-15)22(28)26-20-8-3-2-5-17(20)13-24/h2-12H,1H3,(H,25,27)(H,26,28). The molecule has 0 saturated carbocycles. The van der Waals surface area contributed by atoms with Crippen LogP contribution in [0.3, 0.4) is 0 Å². The summed E-state index contributed by atoms with van der Waals surface area (Å²) in [6.07, 6.45) is 0. The van der Waals surface area contributed by atoms with Crippen molar-refractivity contribution < 1.29 is 9.59 Å². The maximum Gasteiger partial charge on any atom is 0.255 e. The van der Waals surface area contributed by atoms with Crippen molar-refractivity contribution in [3.63, 3.8) is 0 Å². The quantitative estimate of drug-likeness (QED) is 0.656. The molecule has 0 bridgehead atoms. The number of rotatable bonds is 4. The lowest BCUT2D eigenvalue weighted by Gasteiger charge is -2.09. The molecule has 0 aliphatic heterocycles. The van der Waals surface area contributed by atoms with Gasteiger partial charge in [-0.15, -0.1) is 0 Å². The van der Waals surface area contributed by atoms with Crippen LogP contribution in [-0.4, -0.2) is 11.8 Å². The van der Waals surface area contributed by atoms with Gasteiger partial charge in [0.05, 0.1) is 11.3 Å². The average molecular weight is 390 g/mol. The largest absolute Gasteiger partial charge is 0.322 e. The summed E-state index contributed by atoms with van der Waals surface area (Å²) in [5.41, 5.74) is 2.90. The first-order valence-electron chi connectivity index (χ1n) is 8.46. The first-order valence-corrected chi connectivity index (χ1v) is 8.84. The minimum Gasteiger partial charge on any atom is -0.322 e. The van der Waals surface area contributed by atoms with Crippen LogP contribution in [0.5, 0.6) is 0 Å². The minimum atomic E-state index is -0.407. The number of carbonyl (C=O) groups excluding carboxylic acids is 2. The fourth-order valence-corrected chi connectivity index (χ4v) is 2.74. The van der Waals surface area contributed by atoms with E-state index in [1.807, 2.05) is 19.1 Å². The molecule has 0 fully saturated rings. The van der Waals surface area contributed by atoms with E-state index in [4.69, 9.17) is 16.9 Å². The van der Waals surface area contributed by atoms with E-state index in [-0.39, 0.29) is 5.91 Å². The molecule has 5 nitrogen and oxygen atoms in total. The molecular weight excluding hydrogens is 374 g/mol. The summed E-state index contributed by atoms with van der Waals surface area (Å²) in [6, 6.07) is 20.3.